The number of benzene rings is 2. The molecule has 2 N–H and O–H groups in total. The summed E-state index contributed by atoms with van der Waals surface area (Å²) in [5, 5.41) is 6.03. The molecule has 0 radical (unpaired) electrons. The lowest BCUT2D eigenvalue weighted by Gasteiger charge is -2.26. The first-order valence-corrected chi connectivity index (χ1v) is 10.0. The van der Waals surface area contributed by atoms with Crippen LogP contribution < -0.4 is 15.5 Å². The summed E-state index contributed by atoms with van der Waals surface area (Å²) >= 11 is 0. The molecule has 0 saturated carbocycles. The molecule has 2 aromatic carbocycles. The van der Waals surface area contributed by atoms with E-state index in [9.17, 15) is 9.18 Å². The van der Waals surface area contributed by atoms with Gasteiger partial charge in [-0.2, -0.15) is 4.98 Å². The van der Waals surface area contributed by atoms with Gasteiger partial charge in [-0.3, -0.25) is 4.79 Å². The predicted molar refractivity (Wildman–Crippen MR) is 120 cm³/mol. The maximum absolute atomic E-state index is 13.2. The Morgan fingerprint density at radius 3 is 2.58 bits per heavy atom. The van der Waals surface area contributed by atoms with Crippen molar-refractivity contribution in [2.45, 2.75) is 20.3 Å². The number of nitrogens with one attached hydrogen (secondary N) is 2. The van der Waals surface area contributed by atoms with Gasteiger partial charge in [0.1, 0.15) is 12.1 Å². The van der Waals surface area contributed by atoms with Gasteiger partial charge >= 0.3 is 0 Å². The second kappa shape index (κ2) is 8.91. The van der Waals surface area contributed by atoms with Crippen LogP contribution in [0.15, 0.2) is 54.9 Å². The fourth-order valence-electron chi connectivity index (χ4n) is 3.49. The molecule has 0 unspecified atom stereocenters. The van der Waals surface area contributed by atoms with Gasteiger partial charge in [0.2, 0.25) is 17.8 Å². The molecule has 3 aromatic rings. The zero-order chi connectivity index (χ0) is 21.8. The van der Waals surface area contributed by atoms with Crippen LogP contribution in [-0.2, 0) is 4.79 Å². The van der Waals surface area contributed by atoms with Crippen molar-refractivity contribution in [1.82, 2.24) is 15.0 Å². The van der Waals surface area contributed by atoms with Crippen LogP contribution in [0.2, 0.25) is 0 Å². The Morgan fingerprint density at radius 2 is 1.87 bits per heavy atom. The van der Waals surface area contributed by atoms with Gasteiger partial charge in [0.15, 0.2) is 0 Å². The number of aromatic nitrogens is 3. The highest BCUT2D eigenvalue weighted by atomic mass is 19.1. The van der Waals surface area contributed by atoms with Crippen molar-refractivity contribution in [3.05, 3.63) is 71.8 Å². The van der Waals surface area contributed by atoms with Crippen molar-refractivity contribution in [2.75, 3.05) is 28.6 Å². The molecule has 0 bridgehead atoms. The fraction of sp³-hybridized carbons (Fsp3) is 0.217. The molecule has 4 rings (SSSR count). The Morgan fingerprint density at radius 1 is 1.10 bits per heavy atom. The van der Waals surface area contributed by atoms with Crippen LogP contribution in [0.5, 0.6) is 0 Å². The standard InChI is InChI=1S/C23H23FN6O/c1-15-20(27-16(2)31)4-3-5-21(15)28-22-25-14-26-23(29-22)30-12-10-18(11-13-30)17-6-8-19(24)9-7-17/h3-10,14H,11-13H2,1-2H3,(H,27,31)(H,25,26,28,29). The molecular formula is C23H23FN6O. The third-order valence-electron chi connectivity index (χ3n) is 5.16. The summed E-state index contributed by atoms with van der Waals surface area (Å²) in [6, 6.07) is 12.2. The zero-order valence-corrected chi connectivity index (χ0v) is 17.4. The number of hydrogen-bond acceptors (Lipinski definition) is 6. The highest BCUT2D eigenvalue weighted by molar-refractivity contribution is 5.90. The quantitative estimate of drug-likeness (QED) is 0.642. The van der Waals surface area contributed by atoms with Crippen molar-refractivity contribution in [3.8, 4) is 0 Å². The van der Waals surface area contributed by atoms with Crippen LogP contribution in [-0.4, -0.2) is 33.9 Å². The van der Waals surface area contributed by atoms with Gasteiger partial charge in [0.05, 0.1) is 0 Å². The second-order valence-electron chi connectivity index (χ2n) is 7.33. The topological polar surface area (TPSA) is 83.0 Å². The van der Waals surface area contributed by atoms with Gasteiger partial charge in [-0.15, -0.1) is 0 Å². The molecule has 0 aliphatic carbocycles. The van der Waals surface area contributed by atoms with E-state index in [0.717, 1.165) is 35.5 Å². The van der Waals surface area contributed by atoms with Crippen molar-refractivity contribution >= 4 is 34.8 Å². The molecular weight excluding hydrogens is 395 g/mol. The second-order valence-corrected chi connectivity index (χ2v) is 7.33. The van der Waals surface area contributed by atoms with Crippen LogP contribution in [0.1, 0.15) is 24.5 Å². The highest BCUT2D eigenvalue weighted by Crippen LogP contribution is 2.27. The monoisotopic (exact) mass is 418 g/mol. The lowest BCUT2D eigenvalue weighted by molar-refractivity contribution is -0.114. The molecule has 1 aliphatic rings. The Balaban J connectivity index is 1.48. The summed E-state index contributed by atoms with van der Waals surface area (Å²) in [7, 11) is 0. The molecule has 1 amide bonds. The molecule has 8 heteroatoms. The number of nitrogens with zero attached hydrogens (tertiary/aromatic N) is 4. The summed E-state index contributed by atoms with van der Waals surface area (Å²) in [5.41, 5.74) is 4.66. The number of anilines is 4. The van der Waals surface area contributed by atoms with Crippen LogP contribution in [0.4, 0.5) is 27.7 Å². The van der Waals surface area contributed by atoms with E-state index in [4.69, 9.17) is 0 Å². The van der Waals surface area contributed by atoms with Crippen molar-refractivity contribution in [3.63, 3.8) is 0 Å². The zero-order valence-electron chi connectivity index (χ0n) is 17.4. The van der Waals surface area contributed by atoms with Gasteiger partial charge in [0.25, 0.3) is 0 Å². The number of carbonyl (C=O) groups is 1. The smallest absolute Gasteiger partial charge is 0.232 e. The Kier molecular flexibility index (Phi) is 5.88. The third kappa shape index (κ3) is 4.85. The van der Waals surface area contributed by atoms with Gasteiger partial charge < -0.3 is 15.5 Å². The Hall–Kier alpha value is -3.81. The predicted octanol–water partition coefficient (Wildman–Crippen LogP) is 4.31. The first-order valence-electron chi connectivity index (χ1n) is 10.0. The van der Waals surface area contributed by atoms with E-state index >= 15 is 0 Å². The highest BCUT2D eigenvalue weighted by Gasteiger charge is 2.17. The first-order chi connectivity index (χ1) is 15.0. The van der Waals surface area contributed by atoms with Crippen molar-refractivity contribution < 1.29 is 9.18 Å². The van der Waals surface area contributed by atoms with E-state index in [1.807, 2.05) is 25.1 Å². The number of hydrogen-bond donors (Lipinski definition) is 2. The maximum atomic E-state index is 13.2. The lowest BCUT2D eigenvalue weighted by Crippen LogP contribution is -2.30. The number of amides is 1. The van der Waals surface area contributed by atoms with Gasteiger partial charge in [-0.05, 0) is 54.3 Å². The Labute approximate surface area is 180 Å². The first kappa shape index (κ1) is 20.5. The molecule has 158 valence electrons. The van der Waals surface area contributed by atoms with Gasteiger partial charge in [0, 0.05) is 31.4 Å². The van der Waals surface area contributed by atoms with Crippen molar-refractivity contribution in [2.24, 2.45) is 0 Å². The van der Waals surface area contributed by atoms with Gasteiger partial charge in [-0.25, -0.2) is 14.4 Å². The Bertz CT molecular complexity index is 1130. The molecule has 0 spiro atoms. The van der Waals surface area contributed by atoms with E-state index < -0.39 is 0 Å². The van der Waals surface area contributed by atoms with Crippen LogP contribution in [0.3, 0.4) is 0 Å². The van der Waals surface area contributed by atoms with Crippen LogP contribution in [0, 0.1) is 12.7 Å². The third-order valence-corrected chi connectivity index (χ3v) is 5.16. The minimum Gasteiger partial charge on any atom is -0.337 e. The van der Waals surface area contributed by atoms with E-state index in [1.54, 1.807) is 12.1 Å². The molecule has 7 nitrogen and oxygen atoms in total. The largest absolute Gasteiger partial charge is 0.337 e. The maximum Gasteiger partial charge on any atom is 0.232 e. The minimum atomic E-state index is -0.232. The number of halogens is 1. The minimum absolute atomic E-state index is 0.124. The number of rotatable bonds is 5. The van der Waals surface area contributed by atoms with Crippen LogP contribution >= 0.6 is 0 Å². The molecule has 0 fully saturated rings. The molecule has 1 aromatic heterocycles. The lowest BCUT2D eigenvalue weighted by atomic mass is 10.00. The molecule has 2 heterocycles. The van der Waals surface area contributed by atoms with E-state index in [-0.39, 0.29) is 11.7 Å². The summed E-state index contributed by atoms with van der Waals surface area (Å²) in [6.45, 7) is 4.81. The van der Waals surface area contributed by atoms with Gasteiger partial charge in [-0.1, -0.05) is 24.3 Å². The van der Waals surface area contributed by atoms with E-state index in [0.29, 0.717) is 18.4 Å². The summed E-state index contributed by atoms with van der Waals surface area (Å²) in [6.07, 6.45) is 4.42. The van der Waals surface area contributed by atoms with Crippen LogP contribution in [0.25, 0.3) is 5.57 Å². The normalized spacial score (nSPS) is 13.5. The fourth-order valence-corrected chi connectivity index (χ4v) is 3.49. The summed E-state index contributed by atoms with van der Waals surface area (Å²) < 4.78 is 13.2. The molecule has 0 atom stereocenters. The molecule has 1 aliphatic heterocycles. The van der Waals surface area contributed by atoms with Crippen molar-refractivity contribution in [1.29, 1.82) is 0 Å². The van der Waals surface area contributed by atoms with E-state index in [1.165, 1.54) is 31.0 Å². The molecule has 31 heavy (non-hydrogen) atoms. The average Bonchev–Trinajstić information content (AvgIpc) is 2.77. The SMILES string of the molecule is CC(=O)Nc1cccc(Nc2ncnc(N3CC=C(c4ccc(F)cc4)CC3)n2)c1C. The van der Waals surface area contributed by atoms with E-state index in [2.05, 4.69) is 36.6 Å². The average molecular weight is 418 g/mol. The summed E-state index contributed by atoms with van der Waals surface area (Å²) in [4.78, 5) is 26.6. The molecule has 0 saturated heterocycles. The summed E-state index contributed by atoms with van der Waals surface area (Å²) in [5.74, 6) is 0.662. The number of carbonyl (C=O) groups excluding carboxylic acids is 1.